The van der Waals surface area contributed by atoms with Gasteiger partial charge in [0.05, 0.1) is 0 Å². The SMILES string of the molecule is CC1NCCc2c1[nH]c1cccc(Br)c21. The average molecular weight is 265 g/mol. The van der Waals surface area contributed by atoms with Crippen molar-refractivity contribution in [1.29, 1.82) is 0 Å². The van der Waals surface area contributed by atoms with Gasteiger partial charge in [-0.2, -0.15) is 0 Å². The number of halogens is 1. The highest BCUT2D eigenvalue weighted by Crippen LogP contribution is 2.34. The third-order valence-electron chi connectivity index (χ3n) is 3.17. The van der Waals surface area contributed by atoms with Crippen LogP contribution in [0, 0.1) is 0 Å². The summed E-state index contributed by atoms with van der Waals surface area (Å²) in [4.78, 5) is 3.51. The third-order valence-corrected chi connectivity index (χ3v) is 3.83. The van der Waals surface area contributed by atoms with E-state index in [1.165, 1.54) is 26.6 Å². The van der Waals surface area contributed by atoms with Gasteiger partial charge in [-0.05, 0) is 37.6 Å². The summed E-state index contributed by atoms with van der Waals surface area (Å²) in [5.41, 5.74) is 4.07. The molecule has 0 aliphatic carbocycles. The zero-order valence-electron chi connectivity index (χ0n) is 8.60. The van der Waals surface area contributed by atoms with Crippen molar-refractivity contribution < 1.29 is 0 Å². The fraction of sp³-hybridized carbons (Fsp3) is 0.333. The van der Waals surface area contributed by atoms with E-state index in [-0.39, 0.29) is 0 Å². The number of fused-ring (bicyclic) bond motifs is 3. The van der Waals surface area contributed by atoms with Gasteiger partial charge in [0.25, 0.3) is 0 Å². The first-order valence-electron chi connectivity index (χ1n) is 5.29. The summed E-state index contributed by atoms with van der Waals surface area (Å²) in [6.07, 6.45) is 1.11. The quantitative estimate of drug-likeness (QED) is 0.752. The smallest absolute Gasteiger partial charge is 0.0470 e. The van der Waals surface area contributed by atoms with Gasteiger partial charge in [0.1, 0.15) is 0 Å². The van der Waals surface area contributed by atoms with Crippen LogP contribution in [0.1, 0.15) is 24.2 Å². The van der Waals surface area contributed by atoms with Crippen LogP contribution in [0.15, 0.2) is 22.7 Å². The van der Waals surface area contributed by atoms with Crippen LogP contribution >= 0.6 is 15.9 Å². The number of aromatic nitrogens is 1. The molecule has 0 amide bonds. The molecule has 15 heavy (non-hydrogen) atoms. The summed E-state index contributed by atoms with van der Waals surface area (Å²) in [5.74, 6) is 0. The predicted molar refractivity (Wildman–Crippen MR) is 66.1 cm³/mol. The normalized spacial score (nSPS) is 20.5. The molecular weight excluding hydrogens is 252 g/mol. The van der Waals surface area contributed by atoms with Gasteiger partial charge >= 0.3 is 0 Å². The molecule has 2 heterocycles. The Kier molecular flexibility index (Phi) is 2.11. The Bertz CT molecular complexity index is 516. The van der Waals surface area contributed by atoms with Crippen LogP contribution in [0.25, 0.3) is 10.9 Å². The standard InChI is InChI=1S/C12H13BrN2/c1-7-12-8(5-6-14-7)11-9(13)3-2-4-10(11)15-12/h2-4,7,14-15H,5-6H2,1H3. The number of benzene rings is 1. The average Bonchev–Trinajstić information content (AvgIpc) is 2.59. The van der Waals surface area contributed by atoms with E-state index in [2.05, 4.69) is 51.4 Å². The maximum absolute atomic E-state index is 3.63. The predicted octanol–water partition coefficient (Wildman–Crippen LogP) is 3.14. The summed E-state index contributed by atoms with van der Waals surface area (Å²) in [6.45, 7) is 3.28. The van der Waals surface area contributed by atoms with E-state index < -0.39 is 0 Å². The van der Waals surface area contributed by atoms with Crippen molar-refractivity contribution in [3.05, 3.63) is 33.9 Å². The van der Waals surface area contributed by atoms with Crippen molar-refractivity contribution in [1.82, 2.24) is 10.3 Å². The second kappa shape index (κ2) is 3.35. The lowest BCUT2D eigenvalue weighted by Crippen LogP contribution is -2.27. The number of rotatable bonds is 0. The first kappa shape index (κ1) is 9.43. The van der Waals surface area contributed by atoms with Gasteiger partial charge in [0, 0.05) is 27.1 Å². The molecule has 0 fully saturated rings. The fourth-order valence-corrected chi connectivity index (χ4v) is 3.04. The molecule has 1 atom stereocenters. The molecular formula is C12H13BrN2. The molecule has 3 rings (SSSR count). The highest BCUT2D eigenvalue weighted by atomic mass is 79.9. The molecule has 1 unspecified atom stereocenters. The monoisotopic (exact) mass is 264 g/mol. The van der Waals surface area contributed by atoms with Crippen LogP contribution in [0.4, 0.5) is 0 Å². The van der Waals surface area contributed by atoms with E-state index in [1.54, 1.807) is 0 Å². The van der Waals surface area contributed by atoms with E-state index in [1.807, 2.05) is 0 Å². The fourth-order valence-electron chi connectivity index (χ4n) is 2.44. The van der Waals surface area contributed by atoms with E-state index in [9.17, 15) is 0 Å². The van der Waals surface area contributed by atoms with Crippen molar-refractivity contribution in [3.8, 4) is 0 Å². The first-order chi connectivity index (χ1) is 7.27. The Labute approximate surface area is 97.2 Å². The number of aromatic amines is 1. The highest BCUT2D eigenvalue weighted by Gasteiger charge is 2.21. The number of hydrogen-bond acceptors (Lipinski definition) is 1. The Morgan fingerprint density at radius 3 is 3.13 bits per heavy atom. The lowest BCUT2D eigenvalue weighted by molar-refractivity contribution is 0.533. The van der Waals surface area contributed by atoms with Crippen molar-refractivity contribution in [3.63, 3.8) is 0 Å². The van der Waals surface area contributed by atoms with Gasteiger partial charge in [-0.3, -0.25) is 0 Å². The Hall–Kier alpha value is -0.800. The summed E-state index contributed by atoms with van der Waals surface area (Å²) in [6, 6.07) is 6.77. The second-order valence-corrected chi connectivity index (χ2v) is 4.96. The van der Waals surface area contributed by atoms with Crippen LogP contribution in [-0.2, 0) is 6.42 Å². The van der Waals surface area contributed by atoms with Gasteiger partial charge in [0.2, 0.25) is 0 Å². The third kappa shape index (κ3) is 1.34. The highest BCUT2D eigenvalue weighted by molar-refractivity contribution is 9.10. The molecule has 1 aromatic heterocycles. The molecule has 0 saturated carbocycles. The molecule has 0 saturated heterocycles. The molecule has 2 N–H and O–H groups in total. The van der Waals surface area contributed by atoms with Crippen molar-refractivity contribution in [2.75, 3.05) is 6.54 Å². The molecule has 78 valence electrons. The van der Waals surface area contributed by atoms with E-state index >= 15 is 0 Å². The van der Waals surface area contributed by atoms with Crippen molar-refractivity contribution in [2.24, 2.45) is 0 Å². The molecule has 2 aromatic rings. The summed E-state index contributed by atoms with van der Waals surface area (Å²) in [7, 11) is 0. The number of H-pyrrole nitrogens is 1. The molecule has 2 nitrogen and oxygen atoms in total. The van der Waals surface area contributed by atoms with E-state index in [0.29, 0.717) is 6.04 Å². The van der Waals surface area contributed by atoms with Gasteiger partial charge in [-0.15, -0.1) is 0 Å². The van der Waals surface area contributed by atoms with Gasteiger partial charge in [0.15, 0.2) is 0 Å². The van der Waals surface area contributed by atoms with E-state index in [4.69, 9.17) is 0 Å². The summed E-state index contributed by atoms with van der Waals surface area (Å²) in [5, 5.41) is 4.83. The molecule has 1 aromatic carbocycles. The maximum atomic E-state index is 3.63. The van der Waals surface area contributed by atoms with Crippen LogP contribution < -0.4 is 5.32 Å². The lowest BCUT2D eigenvalue weighted by atomic mass is 10.0. The first-order valence-corrected chi connectivity index (χ1v) is 6.09. The topological polar surface area (TPSA) is 27.8 Å². The van der Waals surface area contributed by atoms with Crippen molar-refractivity contribution >= 4 is 26.8 Å². The lowest BCUT2D eigenvalue weighted by Gasteiger charge is -2.20. The Morgan fingerprint density at radius 2 is 2.27 bits per heavy atom. The van der Waals surface area contributed by atoms with Gasteiger partial charge in [-0.1, -0.05) is 22.0 Å². The zero-order chi connectivity index (χ0) is 10.4. The molecule has 0 bridgehead atoms. The van der Waals surface area contributed by atoms with Gasteiger partial charge < -0.3 is 10.3 Å². The van der Waals surface area contributed by atoms with Gasteiger partial charge in [-0.25, -0.2) is 0 Å². The Morgan fingerprint density at radius 1 is 1.40 bits per heavy atom. The van der Waals surface area contributed by atoms with Crippen LogP contribution in [-0.4, -0.2) is 11.5 Å². The molecule has 0 spiro atoms. The number of nitrogens with one attached hydrogen (secondary N) is 2. The van der Waals surface area contributed by atoms with Crippen LogP contribution in [0.2, 0.25) is 0 Å². The minimum absolute atomic E-state index is 0.438. The van der Waals surface area contributed by atoms with E-state index in [0.717, 1.165) is 13.0 Å². The zero-order valence-corrected chi connectivity index (χ0v) is 10.2. The molecule has 0 radical (unpaired) electrons. The summed E-state index contributed by atoms with van der Waals surface area (Å²) >= 11 is 3.63. The molecule has 1 aliphatic rings. The minimum Gasteiger partial charge on any atom is -0.357 e. The second-order valence-electron chi connectivity index (χ2n) is 4.11. The van der Waals surface area contributed by atoms with Crippen molar-refractivity contribution in [2.45, 2.75) is 19.4 Å². The van der Waals surface area contributed by atoms with Crippen LogP contribution in [0.5, 0.6) is 0 Å². The largest absolute Gasteiger partial charge is 0.357 e. The molecule has 3 heteroatoms. The summed E-state index contributed by atoms with van der Waals surface area (Å²) < 4.78 is 1.20. The number of hydrogen-bond donors (Lipinski definition) is 2. The maximum Gasteiger partial charge on any atom is 0.0470 e. The molecule has 1 aliphatic heterocycles. The Balaban J connectivity index is 2.36. The van der Waals surface area contributed by atoms with Crippen LogP contribution in [0.3, 0.4) is 0 Å². The minimum atomic E-state index is 0.438.